The van der Waals surface area contributed by atoms with Gasteiger partial charge >= 0.3 is 0 Å². The molecule has 0 radical (unpaired) electrons. The highest BCUT2D eigenvalue weighted by atomic mass is 16.5. The molecule has 0 aliphatic heterocycles. The van der Waals surface area contributed by atoms with E-state index >= 15 is 0 Å². The number of benzene rings is 1. The lowest BCUT2D eigenvalue weighted by molar-refractivity contribution is 0.354. The second kappa shape index (κ2) is 10.5. The average molecular weight is 481 g/mol. The van der Waals surface area contributed by atoms with Crippen molar-refractivity contribution in [2.24, 2.45) is 11.8 Å². The van der Waals surface area contributed by atoms with E-state index in [1.807, 2.05) is 48.1 Å². The van der Waals surface area contributed by atoms with Crippen molar-refractivity contribution >= 4 is 11.6 Å². The van der Waals surface area contributed by atoms with Crippen LogP contribution in [0.25, 0.3) is 22.5 Å². The molecule has 1 unspecified atom stereocenters. The highest BCUT2D eigenvalue weighted by molar-refractivity contribution is 5.69. The summed E-state index contributed by atoms with van der Waals surface area (Å²) in [4.78, 5) is 17.8. The van der Waals surface area contributed by atoms with Gasteiger partial charge in [-0.3, -0.25) is 4.68 Å². The molecule has 3 aromatic heterocycles. The number of nitrogens with one attached hydrogen (secondary N) is 1. The minimum Gasteiger partial charge on any atom is -0.493 e. The predicted octanol–water partition coefficient (Wildman–Crippen LogP) is 5.19. The number of aromatic nitrogens is 6. The quantitative estimate of drug-likeness (QED) is 0.366. The predicted molar refractivity (Wildman–Crippen MR) is 136 cm³/mol. The van der Waals surface area contributed by atoms with Crippen LogP contribution >= 0.6 is 0 Å². The Kier molecular flexibility index (Phi) is 6.85. The van der Waals surface area contributed by atoms with Gasteiger partial charge < -0.3 is 10.1 Å². The first-order valence-corrected chi connectivity index (χ1v) is 12.1. The SMILES string of the molecule is COc1cnc(Nc2cccc(-c3ccnc(C)n3)c2)nc1-c1cnn(CC(C#N)C2CCCC2)c1. The van der Waals surface area contributed by atoms with Crippen LogP contribution in [0.4, 0.5) is 11.6 Å². The molecule has 1 N–H and O–H groups in total. The van der Waals surface area contributed by atoms with Gasteiger partial charge in [0.05, 0.1) is 43.7 Å². The standard InChI is InChI=1S/C27H28N8O/c1-18-29-11-10-24(32-18)20-8-5-9-23(12-20)33-27-30-15-25(36-2)26(34-27)22-14-31-35(17-22)16-21(13-28)19-6-3-4-7-19/h5,8-12,14-15,17,19,21H,3-4,6-7,16H2,1-2H3,(H,30,33,34). The summed E-state index contributed by atoms with van der Waals surface area (Å²) in [6, 6.07) is 12.3. The zero-order chi connectivity index (χ0) is 24.9. The number of methoxy groups -OCH3 is 1. The molecular weight excluding hydrogens is 452 g/mol. The number of hydrogen-bond acceptors (Lipinski definition) is 8. The maximum Gasteiger partial charge on any atom is 0.227 e. The summed E-state index contributed by atoms with van der Waals surface area (Å²) in [6.07, 6.45) is 11.8. The Morgan fingerprint density at radius 3 is 2.78 bits per heavy atom. The summed E-state index contributed by atoms with van der Waals surface area (Å²) in [5.74, 6) is 2.14. The topological polar surface area (TPSA) is 114 Å². The molecule has 1 fully saturated rings. The van der Waals surface area contributed by atoms with Crippen LogP contribution < -0.4 is 10.1 Å². The lowest BCUT2D eigenvalue weighted by atomic mass is 9.92. The first kappa shape index (κ1) is 23.4. The molecule has 3 heterocycles. The molecule has 1 saturated carbocycles. The van der Waals surface area contributed by atoms with Gasteiger partial charge in [0.2, 0.25) is 5.95 Å². The Bertz CT molecular complexity index is 1390. The number of rotatable bonds is 8. The van der Waals surface area contributed by atoms with E-state index in [1.54, 1.807) is 25.7 Å². The number of nitriles is 1. The van der Waals surface area contributed by atoms with Gasteiger partial charge in [0.25, 0.3) is 0 Å². The summed E-state index contributed by atoms with van der Waals surface area (Å²) in [7, 11) is 1.60. The molecule has 9 nitrogen and oxygen atoms in total. The minimum absolute atomic E-state index is 0.0317. The normalized spacial score (nSPS) is 14.4. The van der Waals surface area contributed by atoms with Crippen molar-refractivity contribution in [3.63, 3.8) is 0 Å². The fourth-order valence-corrected chi connectivity index (χ4v) is 4.73. The minimum atomic E-state index is -0.0317. The fourth-order valence-electron chi connectivity index (χ4n) is 4.73. The van der Waals surface area contributed by atoms with Crippen LogP contribution in [0.15, 0.2) is 55.1 Å². The molecule has 9 heteroatoms. The van der Waals surface area contributed by atoms with Crippen molar-refractivity contribution in [3.8, 4) is 34.3 Å². The van der Waals surface area contributed by atoms with Crippen LogP contribution in [0.2, 0.25) is 0 Å². The van der Waals surface area contributed by atoms with Crippen LogP contribution in [-0.4, -0.2) is 36.8 Å². The maximum absolute atomic E-state index is 9.69. The molecule has 1 atom stereocenters. The molecule has 0 bridgehead atoms. The molecule has 1 aliphatic rings. The van der Waals surface area contributed by atoms with E-state index in [4.69, 9.17) is 9.72 Å². The van der Waals surface area contributed by atoms with Gasteiger partial charge in [-0.25, -0.2) is 19.9 Å². The molecule has 4 aromatic rings. The molecule has 0 amide bonds. The Hall–Kier alpha value is -4.32. The lowest BCUT2D eigenvalue weighted by Gasteiger charge is -2.15. The van der Waals surface area contributed by atoms with E-state index in [1.165, 1.54) is 12.8 Å². The highest BCUT2D eigenvalue weighted by Gasteiger charge is 2.25. The zero-order valence-electron chi connectivity index (χ0n) is 20.4. The zero-order valence-corrected chi connectivity index (χ0v) is 20.4. The molecule has 182 valence electrons. The molecule has 0 saturated heterocycles. The first-order valence-electron chi connectivity index (χ1n) is 12.1. The molecule has 5 rings (SSSR count). The van der Waals surface area contributed by atoms with Gasteiger partial charge in [0, 0.05) is 29.2 Å². The molecule has 1 aromatic carbocycles. The summed E-state index contributed by atoms with van der Waals surface area (Å²) < 4.78 is 7.37. The van der Waals surface area contributed by atoms with Gasteiger partial charge in [-0.2, -0.15) is 10.4 Å². The van der Waals surface area contributed by atoms with Crippen LogP contribution in [-0.2, 0) is 6.54 Å². The van der Waals surface area contributed by atoms with Crippen molar-refractivity contribution < 1.29 is 4.74 Å². The highest BCUT2D eigenvalue weighted by Crippen LogP contribution is 2.33. The van der Waals surface area contributed by atoms with Gasteiger partial charge in [-0.1, -0.05) is 25.0 Å². The maximum atomic E-state index is 9.69. The Morgan fingerprint density at radius 1 is 1.14 bits per heavy atom. The molecule has 1 aliphatic carbocycles. The summed E-state index contributed by atoms with van der Waals surface area (Å²) in [5.41, 5.74) is 4.10. The number of ether oxygens (including phenoxy) is 1. The monoisotopic (exact) mass is 480 g/mol. The van der Waals surface area contributed by atoms with Gasteiger partial charge in [0.15, 0.2) is 5.75 Å². The van der Waals surface area contributed by atoms with Crippen molar-refractivity contribution in [3.05, 3.63) is 60.9 Å². The van der Waals surface area contributed by atoms with Crippen LogP contribution in [0.1, 0.15) is 31.5 Å². The summed E-state index contributed by atoms with van der Waals surface area (Å²) in [5, 5.41) is 17.5. The summed E-state index contributed by atoms with van der Waals surface area (Å²) >= 11 is 0. The van der Waals surface area contributed by atoms with Crippen molar-refractivity contribution in [1.82, 2.24) is 29.7 Å². The van der Waals surface area contributed by atoms with E-state index in [0.29, 0.717) is 29.9 Å². The lowest BCUT2D eigenvalue weighted by Crippen LogP contribution is -2.17. The van der Waals surface area contributed by atoms with Crippen molar-refractivity contribution in [2.75, 3.05) is 12.4 Å². The van der Waals surface area contributed by atoms with E-state index < -0.39 is 0 Å². The van der Waals surface area contributed by atoms with Gasteiger partial charge in [0.1, 0.15) is 11.5 Å². The number of hydrogen-bond donors (Lipinski definition) is 1. The smallest absolute Gasteiger partial charge is 0.227 e. The van der Waals surface area contributed by atoms with Crippen molar-refractivity contribution in [2.45, 2.75) is 39.2 Å². The van der Waals surface area contributed by atoms with E-state index in [2.05, 4.69) is 31.4 Å². The Morgan fingerprint density at radius 2 is 2.00 bits per heavy atom. The number of anilines is 2. The van der Waals surface area contributed by atoms with Gasteiger partial charge in [-0.05, 0) is 43.9 Å². The first-order chi connectivity index (χ1) is 17.6. The third-order valence-corrected chi connectivity index (χ3v) is 6.59. The molecule has 36 heavy (non-hydrogen) atoms. The average Bonchev–Trinajstić information content (AvgIpc) is 3.60. The summed E-state index contributed by atoms with van der Waals surface area (Å²) in [6.45, 7) is 2.45. The largest absolute Gasteiger partial charge is 0.493 e. The number of aryl methyl sites for hydroxylation is 1. The van der Waals surface area contributed by atoms with E-state index in [0.717, 1.165) is 41.2 Å². The Labute approximate surface area is 210 Å². The van der Waals surface area contributed by atoms with Crippen molar-refractivity contribution in [1.29, 1.82) is 5.26 Å². The van der Waals surface area contributed by atoms with E-state index in [9.17, 15) is 5.26 Å². The fraction of sp³-hybridized carbons (Fsp3) is 0.333. The van der Waals surface area contributed by atoms with Gasteiger partial charge in [-0.15, -0.1) is 0 Å². The second-order valence-electron chi connectivity index (χ2n) is 9.04. The second-order valence-corrected chi connectivity index (χ2v) is 9.04. The number of nitrogens with zero attached hydrogens (tertiary/aromatic N) is 7. The molecule has 0 spiro atoms. The third kappa shape index (κ3) is 5.18. The molecular formula is C27H28N8O. The van der Waals surface area contributed by atoms with Crippen LogP contribution in [0.5, 0.6) is 5.75 Å². The van der Waals surface area contributed by atoms with Crippen LogP contribution in [0.3, 0.4) is 0 Å². The van der Waals surface area contributed by atoms with E-state index in [-0.39, 0.29) is 5.92 Å². The Balaban J connectivity index is 1.37. The third-order valence-electron chi connectivity index (χ3n) is 6.59. The van der Waals surface area contributed by atoms with Crippen LogP contribution in [0, 0.1) is 30.1 Å².